The molecule has 20 heavy (non-hydrogen) atoms. The van der Waals surface area contributed by atoms with Crippen LogP contribution in [-0.4, -0.2) is 32.6 Å². The molecule has 0 saturated heterocycles. The molecule has 0 aliphatic rings. The second kappa shape index (κ2) is 6.21. The molecular formula is C13H15N5O2. The van der Waals surface area contributed by atoms with Crippen LogP contribution in [0.5, 0.6) is 0 Å². The number of benzene rings is 1. The van der Waals surface area contributed by atoms with Gasteiger partial charge in [-0.2, -0.15) is 5.10 Å². The van der Waals surface area contributed by atoms with E-state index in [0.717, 1.165) is 11.3 Å². The molecule has 0 bridgehead atoms. The van der Waals surface area contributed by atoms with Gasteiger partial charge in [0.25, 0.3) is 0 Å². The van der Waals surface area contributed by atoms with Crippen LogP contribution in [0, 0.1) is 6.92 Å². The first kappa shape index (κ1) is 14.1. The molecule has 2 aromatic rings. The molecule has 1 aromatic heterocycles. The highest BCUT2D eigenvalue weighted by Gasteiger charge is 2.19. The van der Waals surface area contributed by atoms with E-state index < -0.39 is 12.2 Å². The lowest BCUT2D eigenvalue weighted by Gasteiger charge is -2.13. The number of nitrogens with zero attached hydrogens (tertiary/aromatic N) is 5. The molecule has 1 aromatic carbocycles. The summed E-state index contributed by atoms with van der Waals surface area (Å²) in [4.78, 5) is 2.55. The minimum absolute atomic E-state index is 0.187. The number of aromatic nitrogens is 2. The van der Waals surface area contributed by atoms with Crippen molar-refractivity contribution in [2.75, 3.05) is 6.54 Å². The van der Waals surface area contributed by atoms with E-state index in [9.17, 15) is 10.2 Å². The quantitative estimate of drug-likeness (QED) is 0.493. The molecule has 104 valence electrons. The summed E-state index contributed by atoms with van der Waals surface area (Å²) in [6, 6.07) is 7.75. The molecule has 0 saturated carbocycles. The summed E-state index contributed by atoms with van der Waals surface area (Å²) in [7, 11) is 0. The smallest absolute Gasteiger partial charge is 0.108 e. The predicted molar refractivity (Wildman–Crippen MR) is 73.3 cm³/mol. The molecule has 0 aliphatic heterocycles. The van der Waals surface area contributed by atoms with Crippen LogP contribution in [0.1, 0.15) is 17.2 Å². The molecule has 0 radical (unpaired) electrons. The number of hydrogen-bond donors (Lipinski definition) is 2. The molecule has 0 aliphatic carbocycles. The topological polar surface area (TPSA) is 107 Å². The Morgan fingerprint density at radius 1 is 1.45 bits per heavy atom. The molecule has 2 rings (SSSR count). The molecule has 1 heterocycles. The summed E-state index contributed by atoms with van der Waals surface area (Å²) in [5.41, 5.74) is 10.6. The number of aliphatic hydroxyl groups excluding tert-OH is 2. The van der Waals surface area contributed by atoms with Gasteiger partial charge in [-0.05, 0) is 30.2 Å². The lowest BCUT2D eigenvalue weighted by molar-refractivity contribution is 0.0244. The lowest BCUT2D eigenvalue weighted by Crippen LogP contribution is -2.20. The van der Waals surface area contributed by atoms with E-state index >= 15 is 0 Å². The van der Waals surface area contributed by atoms with Crippen LogP contribution in [0.4, 0.5) is 0 Å². The van der Waals surface area contributed by atoms with Crippen LogP contribution in [0.25, 0.3) is 16.1 Å². The average molecular weight is 273 g/mol. The maximum atomic E-state index is 9.94. The zero-order valence-electron chi connectivity index (χ0n) is 11.0. The third kappa shape index (κ3) is 3.16. The van der Waals surface area contributed by atoms with Gasteiger partial charge in [-0.1, -0.05) is 17.2 Å². The van der Waals surface area contributed by atoms with Crippen molar-refractivity contribution in [2.24, 2.45) is 5.11 Å². The molecular weight excluding hydrogens is 258 g/mol. The van der Waals surface area contributed by atoms with Crippen LogP contribution >= 0.6 is 0 Å². The van der Waals surface area contributed by atoms with Gasteiger partial charge in [-0.3, -0.25) is 0 Å². The van der Waals surface area contributed by atoms with Crippen LogP contribution in [0.15, 0.2) is 41.8 Å². The third-order valence-corrected chi connectivity index (χ3v) is 2.91. The molecule has 2 N–H and O–H groups in total. The zero-order chi connectivity index (χ0) is 14.5. The van der Waals surface area contributed by atoms with E-state index in [2.05, 4.69) is 15.1 Å². The average Bonchev–Trinajstić information content (AvgIpc) is 2.93. The fraction of sp³-hybridized carbons (Fsp3) is 0.308. The first-order chi connectivity index (χ1) is 9.61. The molecule has 0 spiro atoms. The number of rotatable bonds is 5. The van der Waals surface area contributed by atoms with Crippen LogP contribution in [0.3, 0.4) is 0 Å². The Balaban J connectivity index is 2.18. The maximum Gasteiger partial charge on any atom is 0.108 e. The number of aliphatic hydroxyl groups is 2. The van der Waals surface area contributed by atoms with E-state index in [4.69, 9.17) is 5.53 Å². The van der Waals surface area contributed by atoms with Gasteiger partial charge in [-0.25, -0.2) is 4.68 Å². The minimum Gasteiger partial charge on any atom is -0.390 e. The fourth-order valence-electron chi connectivity index (χ4n) is 1.84. The van der Waals surface area contributed by atoms with Gasteiger partial charge < -0.3 is 10.2 Å². The van der Waals surface area contributed by atoms with Crippen LogP contribution in [0.2, 0.25) is 0 Å². The van der Waals surface area contributed by atoms with E-state index in [1.165, 1.54) is 6.20 Å². The van der Waals surface area contributed by atoms with Gasteiger partial charge in [0, 0.05) is 16.7 Å². The van der Waals surface area contributed by atoms with Gasteiger partial charge >= 0.3 is 0 Å². The normalized spacial score (nSPS) is 13.6. The third-order valence-electron chi connectivity index (χ3n) is 2.91. The fourth-order valence-corrected chi connectivity index (χ4v) is 1.84. The van der Waals surface area contributed by atoms with E-state index in [0.29, 0.717) is 5.56 Å². The Labute approximate surface area is 115 Å². The monoisotopic (exact) mass is 273 g/mol. The summed E-state index contributed by atoms with van der Waals surface area (Å²) < 4.78 is 1.62. The van der Waals surface area contributed by atoms with Crippen molar-refractivity contribution < 1.29 is 10.2 Å². The molecule has 0 amide bonds. The highest BCUT2D eigenvalue weighted by Crippen LogP contribution is 2.18. The Kier molecular flexibility index (Phi) is 4.37. The Morgan fingerprint density at radius 2 is 2.25 bits per heavy atom. The van der Waals surface area contributed by atoms with E-state index in [1.54, 1.807) is 10.9 Å². The molecule has 7 nitrogen and oxygen atoms in total. The molecule has 2 atom stereocenters. The van der Waals surface area contributed by atoms with Crippen LogP contribution < -0.4 is 0 Å². The van der Waals surface area contributed by atoms with Gasteiger partial charge in [0.2, 0.25) is 0 Å². The first-order valence-electron chi connectivity index (χ1n) is 6.10. The van der Waals surface area contributed by atoms with Crippen molar-refractivity contribution in [3.8, 4) is 5.69 Å². The standard InChI is InChI=1S/C13H15N5O2/c1-9-3-2-4-11(5-9)18-8-10(6-16-18)13(20)12(19)7-15-17-14/h2-6,8,12-13,19-20H,7H2,1H3. The molecule has 0 fully saturated rings. The largest absolute Gasteiger partial charge is 0.390 e. The zero-order valence-corrected chi connectivity index (χ0v) is 11.0. The number of aryl methyl sites for hydroxylation is 1. The molecule has 7 heteroatoms. The van der Waals surface area contributed by atoms with E-state index in [1.807, 2.05) is 31.2 Å². The van der Waals surface area contributed by atoms with Crippen molar-refractivity contribution in [1.82, 2.24) is 9.78 Å². The van der Waals surface area contributed by atoms with Crippen molar-refractivity contribution in [1.29, 1.82) is 0 Å². The minimum atomic E-state index is -1.15. The van der Waals surface area contributed by atoms with Gasteiger partial charge in [-0.15, -0.1) is 0 Å². The predicted octanol–water partition coefficient (Wildman–Crippen LogP) is 1.89. The van der Waals surface area contributed by atoms with Crippen LogP contribution in [-0.2, 0) is 0 Å². The highest BCUT2D eigenvalue weighted by atomic mass is 16.3. The number of azide groups is 1. The summed E-state index contributed by atoms with van der Waals surface area (Å²) in [5, 5.41) is 27.0. The second-order valence-corrected chi connectivity index (χ2v) is 4.48. The summed E-state index contributed by atoms with van der Waals surface area (Å²) in [5.74, 6) is 0. The van der Waals surface area contributed by atoms with E-state index in [-0.39, 0.29) is 6.54 Å². The first-order valence-corrected chi connectivity index (χ1v) is 6.10. The van der Waals surface area contributed by atoms with Gasteiger partial charge in [0.05, 0.1) is 24.5 Å². The van der Waals surface area contributed by atoms with Crippen molar-refractivity contribution >= 4 is 0 Å². The second-order valence-electron chi connectivity index (χ2n) is 4.48. The van der Waals surface area contributed by atoms with Crippen molar-refractivity contribution in [3.63, 3.8) is 0 Å². The van der Waals surface area contributed by atoms with Crippen molar-refractivity contribution in [3.05, 3.63) is 58.2 Å². The Morgan fingerprint density at radius 3 is 2.95 bits per heavy atom. The van der Waals surface area contributed by atoms with Crippen molar-refractivity contribution in [2.45, 2.75) is 19.1 Å². The summed E-state index contributed by atoms with van der Waals surface area (Å²) in [6.45, 7) is 1.79. The SMILES string of the molecule is Cc1cccc(-n2cc(C(O)C(O)CN=[N+]=[N-])cn2)c1. The van der Waals surface area contributed by atoms with Gasteiger partial charge in [0.1, 0.15) is 6.10 Å². The molecule has 2 unspecified atom stereocenters. The highest BCUT2D eigenvalue weighted by molar-refractivity contribution is 5.35. The Bertz CT molecular complexity index is 633. The van der Waals surface area contributed by atoms with Gasteiger partial charge in [0.15, 0.2) is 0 Å². The Hall–Kier alpha value is -2.34. The lowest BCUT2D eigenvalue weighted by atomic mass is 10.1. The maximum absolute atomic E-state index is 9.94. The summed E-state index contributed by atoms with van der Waals surface area (Å²) >= 11 is 0. The summed E-state index contributed by atoms with van der Waals surface area (Å²) in [6.07, 6.45) is 0.825. The number of hydrogen-bond acceptors (Lipinski definition) is 4.